The van der Waals surface area contributed by atoms with Crippen LogP contribution in [-0.2, 0) is 16.5 Å². The SMILES string of the molecule is COC(=O)c1c(C(=O)OC)c(C)n(C)c1C. The number of aromatic nitrogens is 1. The highest BCUT2D eigenvalue weighted by Gasteiger charge is 2.27. The van der Waals surface area contributed by atoms with E-state index in [1.54, 1.807) is 25.5 Å². The smallest absolute Gasteiger partial charge is 0.340 e. The van der Waals surface area contributed by atoms with Gasteiger partial charge in [-0.05, 0) is 13.8 Å². The predicted octanol–water partition coefficient (Wildman–Crippen LogP) is 1.22. The monoisotopic (exact) mass is 225 g/mol. The normalized spacial score (nSPS) is 10.1. The van der Waals surface area contributed by atoms with Crippen molar-refractivity contribution in [2.24, 2.45) is 7.05 Å². The summed E-state index contributed by atoms with van der Waals surface area (Å²) in [7, 11) is 4.35. The van der Waals surface area contributed by atoms with Crippen molar-refractivity contribution in [2.45, 2.75) is 13.8 Å². The van der Waals surface area contributed by atoms with Crippen LogP contribution in [0.15, 0.2) is 0 Å². The van der Waals surface area contributed by atoms with E-state index in [1.165, 1.54) is 14.2 Å². The fourth-order valence-corrected chi connectivity index (χ4v) is 1.65. The van der Waals surface area contributed by atoms with Gasteiger partial charge in [0, 0.05) is 18.4 Å². The van der Waals surface area contributed by atoms with Gasteiger partial charge in [0.25, 0.3) is 0 Å². The maximum Gasteiger partial charge on any atom is 0.340 e. The molecule has 0 N–H and O–H groups in total. The lowest BCUT2D eigenvalue weighted by atomic mass is 10.1. The number of carbonyl (C=O) groups is 2. The minimum absolute atomic E-state index is 0.273. The molecule has 0 fully saturated rings. The van der Waals surface area contributed by atoms with Gasteiger partial charge in [0.15, 0.2) is 0 Å². The van der Waals surface area contributed by atoms with Gasteiger partial charge in [-0.25, -0.2) is 9.59 Å². The fourth-order valence-electron chi connectivity index (χ4n) is 1.65. The second-order valence-electron chi connectivity index (χ2n) is 3.46. The van der Waals surface area contributed by atoms with Crippen LogP contribution in [0.3, 0.4) is 0 Å². The lowest BCUT2D eigenvalue weighted by Crippen LogP contribution is -2.11. The second kappa shape index (κ2) is 4.38. The summed E-state index contributed by atoms with van der Waals surface area (Å²) in [6.45, 7) is 3.51. The molecule has 0 aliphatic heterocycles. The van der Waals surface area contributed by atoms with Gasteiger partial charge < -0.3 is 14.0 Å². The first-order valence-corrected chi connectivity index (χ1v) is 4.78. The highest BCUT2D eigenvalue weighted by molar-refractivity contribution is 6.05. The average Bonchev–Trinajstić information content (AvgIpc) is 2.51. The summed E-state index contributed by atoms with van der Waals surface area (Å²) in [5.74, 6) is -1.05. The lowest BCUT2D eigenvalue weighted by Gasteiger charge is -2.02. The number of hydrogen-bond donors (Lipinski definition) is 0. The van der Waals surface area contributed by atoms with Crippen LogP contribution in [0, 0.1) is 13.8 Å². The van der Waals surface area contributed by atoms with Gasteiger partial charge in [-0.15, -0.1) is 0 Å². The largest absolute Gasteiger partial charge is 0.465 e. The third-order valence-electron chi connectivity index (χ3n) is 2.76. The first kappa shape index (κ1) is 12.3. The van der Waals surface area contributed by atoms with E-state index in [2.05, 4.69) is 9.47 Å². The van der Waals surface area contributed by atoms with Crippen LogP contribution in [-0.4, -0.2) is 30.7 Å². The van der Waals surface area contributed by atoms with E-state index in [4.69, 9.17) is 0 Å². The molecule has 5 heteroatoms. The molecule has 1 heterocycles. The molecule has 0 aliphatic carbocycles. The standard InChI is InChI=1S/C11H15NO4/c1-6-8(10(13)15-4)9(11(14)16-5)7(2)12(6)3/h1-5H3. The first-order chi connectivity index (χ1) is 7.45. The molecule has 0 atom stereocenters. The molecule has 0 aromatic carbocycles. The van der Waals surface area contributed by atoms with Gasteiger partial charge in [-0.3, -0.25) is 0 Å². The van der Waals surface area contributed by atoms with Gasteiger partial charge >= 0.3 is 11.9 Å². The summed E-state index contributed by atoms with van der Waals surface area (Å²) in [6.07, 6.45) is 0. The number of carbonyl (C=O) groups excluding carboxylic acids is 2. The van der Waals surface area contributed by atoms with E-state index in [-0.39, 0.29) is 11.1 Å². The number of methoxy groups -OCH3 is 2. The fraction of sp³-hybridized carbons (Fsp3) is 0.455. The van der Waals surface area contributed by atoms with Crippen LogP contribution in [0.1, 0.15) is 32.1 Å². The molecular formula is C11H15NO4. The molecule has 88 valence electrons. The molecule has 0 bridgehead atoms. The van der Waals surface area contributed by atoms with E-state index in [1.807, 2.05) is 0 Å². The van der Waals surface area contributed by atoms with Gasteiger partial charge in [0.1, 0.15) is 0 Å². The molecule has 1 aromatic heterocycles. The summed E-state index contributed by atoms with van der Waals surface area (Å²) >= 11 is 0. The van der Waals surface area contributed by atoms with Gasteiger partial charge in [0.2, 0.25) is 0 Å². The van der Waals surface area contributed by atoms with Crippen molar-refractivity contribution in [1.29, 1.82) is 0 Å². The maximum absolute atomic E-state index is 11.6. The molecule has 0 unspecified atom stereocenters. The molecule has 1 rings (SSSR count). The summed E-state index contributed by atoms with van der Waals surface area (Å²) < 4.78 is 11.1. The Balaban J connectivity index is 3.51. The highest BCUT2D eigenvalue weighted by atomic mass is 16.5. The second-order valence-corrected chi connectivity index (χ2v) is 3.46. The zero-order valence-corrected chi connectivity index (χ0v) is 10.1. The first-order valence-electron chi connectivity index (χ1n) is 4.78. The Morgan fingerprint density at radius 2 is 1.25 bits per heavy atom. The van der Waals surface area contributed by atoms with Gasteiger partial charge in [-0.1, -0.05) is 0 Å². The third-order valence-corrected chi connectivity index (χ3v) is 2.76. The minimum Gasteiger partial charge on any atom is -0.465 e. The third kappa shape index (κ3) is 1.68. The van der Waals surface area contributed by atoms with Crippen LogP contribution in [0.4, 0.5) is 0 Å². The molecule has 0 spiro atoms. The molecular weight excluding hydrogens is 210 g/mol. The molecule has 0 saturated carbocycles. The minimum atomic E-state index is -0.526. The number of nitrogens with zero attached hydrogens (tertiary/aromatic N) is 1. The molecule has 1 aromatic rings. The summed E-state index contributed by atoms with van der Waals surface area (Å²) in [4.78, 5) is 23.2. The molecule has 0 saturated heterocycles. The van der Waals surface area contributed by atoms with Crippen molar-refractivity contribution >= 4 is 11.9 Å². The van der Waals surface area contributed by atoms with E-state index in [9.17, 15) is 9.59 Å². The summed E-state index contributed by atoms with van der Waals surface area (Å²) in [5.41, 5.74) is 1.92. The van der Waals surface area contributed by atoms with Crippen molar-refractivity contribution in [3.8, 4) is 0 Å². The van der Waals surface area contributed by atoms with E-state index < -0.39 is 11.9 Å². The van der Waals surface area contributed by atoms with Gasteiger partial charge in [-0.2, -0.15) is 0 Å². The van der Waals surface area contributed by atoms with E-state index in [0.717, 1.165) is 0 Å². The number of rotatable bonds is 2. The molecule has 0 amide bonds. The molecule has 5 nitrogen and oxygen atoms in total. The van der Waals surface area contributed by atoms with Crippen LogP contribution in [0.2, 0.25) is 0 Å². The zero-order valence-electron chi connectivity index (χ0n) is 10.1. The predicted molar refractivity (Wildman–Crippen MR) is 57.6 cm³/mol. The number of ether oxygens (including phenoxy) is 2. The Kier molecular flexibility index (Phi) is 3.37. The molecule has 16 heavy (non-hydrogen) atoms. The van der Waals surface area contributed by atoms with Crippen LogP contribution < -0.4 is 0 Å². The Hall–Kier alpha value is -1.78. The highest BCUT2D eigenvalue weighted by Crippen LogP contribution is 2.22. The summed E-state index contributed by atoms with van der Waals surface area (Å²) in [5, 5.41) is 0. The number of hydrogen-bond acceptors (Lipinski definition) is 4. The maximum atomic E-state index is 11.6. The molecule has 0 aliphatic rings. The van der Waals surface area contributed by atoms with Crippen molar-refractivity contribution in [1.82, 2.24) is 4.57 Å². The van der Waals surface area contributed by atoms with E-state index in [0.29, 0.717) is 11.4 Å². The zero-order chi connectivity index (χ0) is 12.5. The lowest BCUT2D eigenvalue weighted by molar-refractivity contribution is 0.0555. The van der Waals surface area contributed by atoms with Crippen molar-refractivity contribution in [3.05, 3.63) is 22.5 Å². The van der Waals surface area contributed by atoms with Crippen LogP contribution in [0.5, 0.6) is 0 Å². The van der Waals surface area contributed by atoms with E-state index >= 15 is 0 Å². The Morgan fingerprint density at radius 1 is 0.938 bits per heavy atom. The topological polar surface area (TPSA) is 57.5 Å². The summed E-state index contributed by atoms with van der Waals surface area (Å²) in [6, 6.07) is 0. The van der Waals surface area contributed by atoms with Crippen LogP contribution in [0.25, 0.3) is 0 Å². The Labute approximate surface area is 94.0 Å². The number of esters is 2. The van der Waals surface area contributed by atoms with Crippen molar-refractivity contribution < 1.29 is 19.1 Å². The van der Waals surface area contributed by atoms with Crippen molar-refractivity contribution in [2.75, 3.05) is 14.2 Å². The van der Waals surface area contributed by atoms with Crippen LogP contribution >= 0.6 is 0 Å². The Bertz CT molecular complexity index is 406. The van der Waals surface area contributed by atoms with Crippen molar-refractivity contribution in [3.63, 3.8) is 0 Å². The Morgan fingerprint density at radius 3 is 1.50 bits per heavy atom. The quantitative estimate of drug-likeness (QED) is 0.710. The average molecular weight is 225 g/mol. The molecule has 0 radical (unpaired) electrons. The van der Waals surface area contributed by atoms with Gasteiger partial charge in [0.05, 0.1) is 25.3 Å².